The zero-order valence-electron chi connectivity index (χ0n) is 16.5. The average Bonchev–Trinajstić information content (AvgIpc) is 2.70. The third kappa shape index (κ3) is 5.89. The Morgan fingerprint density at radius 1 is 1.25 bits per heavy atom. The van der Waals surface area contributed by atoms with Crippen molar-refractivity contribution in [2.45, 2.75) is 31.4 Å². The second-order valence-corrected chi connectivity index (χ2v) is 7.55. The number of piperidine rings is 1. The van der Waals surface area contributed by atoms with E-state index in [1.165, 1.54) is 5.56 Å². The summed E-state index contributed by atoms with van der Waals surface area (Å²) in [6.45, 7) is 3.46. The Morgan fingerprint density at radius 2 is 2.07 bits per heavy atom. The van der Waals surface area contributed by atoms with Crippen LogP contribution in [0.1, 0.15) is 24.8 Å². The molecular formula is C21H30N4O3. The lowest BCUT2D eigenvalue weighted by atomic mass is 9.92. The number of rotatable bonds is 9. The fourth-order valence-electron chi connectivity index (χ4n) is 3.71. The summed E-state index contributed by atoms with van der Waals surface area (Å²) in [5.41, 5.74) is 0.403. The molecule has 7 nitrogen and oxygen atoms in total. The predicted molar refractivity (Wildman–Crippen MR) is 108 cm³/mol. The summed E-state index contributed by atoms with van der Waals surface area (Å²) in [5, 5.41) is 20.0. The molecule has 1 aromatic heterocycles. The van der Waals surface area contributed by atoms with Crippen molar-refractivity contribution in [2.75, 3.05) is 44.8 Å². The Morgan fingerprint density at radius 3 is 2.79 bits per heavy atom. The predicted octanol–water partition coefficient (Wildman–Crippen LogP) is 1.70. The molecule has 28 heavy (non-hydrogen) atoms. The number of hydrogen-bond acceptors (Lipinski definition) is 7. The fourth-order valence-corrected chi connectivity index (χ4v) is 3.71. The molecule has 7 heteroatoms. The third-order valence-electron chi connectivity index (χ3n) is 4.94. The monoisotopic (exact) mass is 386 g/mol. The quantitative estimate of drug-likeness (QED) is 0.635. The maximum Gasteiger partial charge on any atom is 0.147 e. The number of β-amino-alcohol motifs (C(OH)–C–C–N with tert-alkyl or cyclic N) is 1. The number of anilines is 1. The lowest BCUT2D eigenvalue weighted by molar-refractivity contribution is -0.00349. The van der Waals surface area contributed by atoms with Crippen LogP contribution in [-0.4, -0.2) is 70.6 Å². The molecule has 1 aliphatic heterocycles. The molecule has 1 fully saturated rings. The zero-order chi connectivity index (χ0) is 19.8. The van der Waals surface area contributed by atoms with Crippen molar-refractivity contribution >= 4 is 5.82 Å². The molecule has 2 N–H and O–H groups in total. The van der Waals surface area contributed by atoms with Gasteiger partial charge in [0.1, 0.15) is 11.6 Å². The number of aliphatic hydroxyl groups excluding tert-OH is 1. The fraction of sp³-hybridized carbons (Fsp3) is 0.524. The first kappa shape index (κ1) is 20.5. The highest BCUT2D eigenvalue weighted by Crippen LogP contribution is 2.25. The van der Waals surface area contributed by atoms with Gasteiger partial charge in [-0.2, -0.15) is 0 Å². The van der Waals surface area contributed by atoms with E-state index in [2.05, 4.69) is 19.8 Å². The van der Waals surface area contributed by atoms with Crippen molar-refractivity contribution in [1.82, 2.24) is 14.9 Å². The zero-order valence-corrected chi connectivity index (χ0v) is 16.5. The number of hydrogen-bond donors (Lipinski definition) is 2. The van der Waals surface area contributed by atoms with Crippen LogP contribution in [0.5, 0.6) is 5.75 Å². The van der Waals surface area contributed by atoms with Crippen LogP contribution in [0.4, 0.5) is 5.82 Å². The summed E-state index contributed by atoms with van der Waals surface area (Å²) in [6.07, 6.45) is 7.45. The van der Waals surface area contributed by atoms with Gasteiger partial charge in [0.05, 0.1) is 18.4 Å². The van der Waals surface area contributed by atoms with E-state index in [0.29, 0.717) is 26.1 Å². The molecule has 2 heterocycles. The summed E-state index contributed by atoms with van der Waals surface area (Å²) in [7, 11) is 2.03. The number of ether oxygens (including phenoxy) is 1. The largest absolute Gasteiger partial charge is 0.494 e. The molecule has 152 valence electrons. The van der Waals surface area contributed by atoms with Crippen LogP contribution in [0.3, 0.4) is 0 Å². The van der Waals surface area contributed by atoms with Crippen LogP contribution < -0.4 is 9.64 Å². The molecular weight excluding hydrogens is 356 g/mol. The molecule has 0 radical (unpaired) electrons. The van der Waals surface area contributed by atoms with Crippen molar-refractivity contribution < 1.29 is 14.9 Å². The van der Waals surface area contributed by atoms with E-state index in [9.17, 15) is 5.11 Å². The van der Waals surface area contributed by atoms with E-state index in [1.54, 1.807) is 18.6 Å². The maximum absolute atomic E-state index is 11.1. The van der Waals surface area contributed by atoms with Crippen molar-refractivity contribution in [3.63, 3.8) is 0 Å². The highest BCUT2D eigenvalue weighted by Gasteiger charge is 2.34. The van der Waals surface area contributed by atoms with Crippen LogP contribution in [0, 0.1) is 0 Å². The highest BCUT2D eigenvalue weighted by atomic mass is 16.5. The minimum absolute atomic E-state index is 0.139. The SMILES string of the molecule is CN(Cc1ccc(OCCCO)cc1)CC1(O)CCCN(c2cnccn2)C1. The van der Waals surface area contributed by atoms with E-state index in [0.717, 1.165) is 37.5 Å². The van der Waals surface area contributed by atoms with E-state index in [-0.39, 0.29) is 6.61 Å². The van der Waals surface area contributed by atoms with E-state index in [4.69, 9.17) is 9.84 Å². The summed E-state index contributed by atoms with van der Waals surface area (Å²) >= 11 is 0. The van der Waals surface area contributed by atoms with E-state index in [1.807, 2.05) is 31.3 Å². The van der Waals surface area contributed by atoms with E-state index < -0.39 is 5.60 Å². The lowest BCUT2D eigenvalue weighted by Gasteiger charge is -2.41. The van der Waals surface area contributed by atoms with Crippen LogP contribution >= 0.6 is 0 Å². The summed E-state index contributed by atoms with van der Waals surface area (Å²) in [5.74, 6) is 1.63. The molecule has 0 saturated carbocycles. The Bertz CT molecular complexity index is 713. The van der Waals surface area contributed by atoms with Gasteiger partial charge in [0.15, 0.2) is 0 Å². The van der Waals surface area contributed by atoms with Crippen LogP contribution in [0.25, 0.3) is 0 Å². The minimum Gasteiger partial charge on any atom is -0.494 e. The smallest absolute Gasteiger partial charge is 0.147 e. The van der Waals surface area contributed by atoms with Crippen molar-refractivity contribution in [3.8, 4) is 5.75 Å². The Kier molecular flexibility index (Phi) is 7.19. The second-order valence-electron chi connectivity index (χ2n) is 7.55. The minimum atomic E-state index is -0.766. The molecule has 2 aromatic rings. The standard InChI is InChI=1S/C21H30N4O3/c1-24(15-18-4-6-19(7-5-18)28-13-3-12-26)16-21(27)8-2-11-25(17-21)20-14-22-9-10-23-20/h4-7,9-10,14,26-27H,2-3,8,11-13,15-17H2,1H3. The van der Waals surface area contributed by atoms with Gasteiger partial charge in [-0.3, -0.25) is 9.88 Å². The van der Waals surface area contributed by atoms with Gasteiger partial charge in [-0.1, -0.05) is 12.1 Å². The van der Waals surface area contributed by atoms with Gasteiger partial charge in [-0.15, -0.1) is 0 Å². The molecule has 0 amide bonds. The molecule has 0 spiro atoms. The van der Waals surface area contributed by atoms with Crippen molar-refractivity contribution in [3.05, 3.63) is 48.4 Å². The van der Waals surface area contributed by atoms with Crippen LogP contribution in [0.15, 0.2) is 42.9 Å². The molecule has 1 saturated heterocycles. The number of aliphatic hydroxyl groups is 2. The number of benzene rings is 1. The van der Waals surface area contributed by atoms with Crippen LogP contribution in [0.2, 0.25) is 0 Å². The molecule has 1 aromatic carbocycles. The lowest BCUT2D eigenvalue weighted by Crippen LogP contribution is -2.54. The van der Waals surface area contributed by atoms with Crippen LogP contribution in [-0.2, 0) is 6.54 Å². The topological polar surface area (TPSA) is 82.0 Å². The normalized spacial score (nSPS) is 19.8. The van der Waals surface area contributed by atoms with Gasteiger partial charge in [0, 0.05) is 51.6 Å². The Labute approximate surface area is 166 Å². The van der Waals surface area contributed by atoms with Gasteiger partial charge in [-0.05, 0) is 37.6 Å². The number of likely N-dealkylation sites (N-methyl/N-ethyl adjacent to an activating group) is 1. The van der Waals surface area contributed by atoms with Gasteiger partial charge < -0.3 is 19.8 Å². The Hall–Kier alpha value is -2.22. The van der Waals surface area contributed by atoms with Gasteiger partial charge in [0.2, 0.25) is 0 Å². The molecule has 1 aliphatic rings. The molecule has 3 rings (SSSR count). The maximum atomic E-state index is 11.1. The molecule has 1 atom stereocenters. The summed E-state index contributed by atoms with van der Waals surface area (Å²) < 4.78 is 5.57. The number of aromatic nitrogens is 2. The third-order valence-corrected chi connectivity index (χ3v) is 4.94. The first-order chi connectivity index (χ1) is 13.6. The van der Waals surface area contributed by atoms with Gasteiger partial charge in [0.25, 0.3) is 0 Å². The summed E-state index contributed by atoms with van der Waals surface area (Å²) in [6, 6.07) is 7.99. The molecule has 1 unspecified atom stereocenters. The molecule has 0 bridgehead atoms. The average molecular weight is 386 g/mol. The van der Waals surface area contributed by atoms with Crippen molar-refractivity contribution in [1.29, 1.82) is 0 Å². The number of nitrogens with zero attached hydrogens (tertiary/aromatic N) is 4. The second kappa shape index (κ2) is 9.82. The van der Waals surface area contributed by atoms with E-state index >= 15 is 0 Å². The van der Waals surface area contributed by atoms with Crippen molar-refractivity contribution in [2.24, 2.45) is 0 Å². The van der Waals surface area contributed by atoms with Gasteiger partial charge >= 0.3 is 0 Å². The molecule has 0 aliphatic carbocycles. The highest BCUT2D eigenvalue weighted by molar-refractivity contribution is 5.36. The van der Waals surface area contributed by atoms with Gasteiger partial charge in [-0.25, -0.2) is 4.98 Å². The first-order valence-electron chi connectivity index (χ1n) is 9.82. The Balaban J connectivity index is 1.52. The summed E-state index contributed by atoms with van der Waals surface area (Å²) in [4.78, 5) is 12.8. The first-order valence-corrected chi connectivity index (χ1v) is 9.82.